The Balaban J connectivity index is 2.35. The first kappa shape index (κ1) is 13.3. The minimum Gasteiger partial charge on any atom is -0.492 e. The van der Waals surface area contributed by atoms with Crippen LogP contribution < -0.4 is 10.1 Å². The van der Waals surface area contributed by atoms with E-state index in [1.54, 1.807) is 19.2 Å². The van der Waals surface area contributed by atoms with Gasteiger partial charge in [0.25, 0.3) is 0 Å². The molecule has 0 aliphatic heterocycles. The summed E-state index contributed by atoms with van der Waals surface area (Å²) < 4.78 is 18.1. The quantitative estimate of drug-likeness (QED) is 0.636. The largest absolute Gasteiger partial charge is 0.492 e. The van der Waals surface area contributed by atoms with E-state index in [4.69, 9.17) is 4.74 Å². The Bertz CT molecular complexity index is 365. The Labute approximate surface area is 101 Å². The van der Waals surface area contributed by atoms with Gasteiger partial charge in [0.15, 0.2) is 5.96 Å². The number of ether oxygens (including phenoxy) is 1. The van der Waals surface area contributed by atoms with E-state index in [1.165, 1.54) is 12.1 Å². The molecule has 0 aromatic heterocycles. The van der Waals surface area contributed by atoms with Crippen LogP contribution in [0.5, 0.6) is 5.75 Å². The van der Waals surface area contributed by atoms with Crippen molar-refractivity contribution in [2.75, 3.05) is 34.3 Å². The number of nitrogens with one attached hydrogen (secondary N) is 1. The van der Waals surface area contributed by atoms with E-state index in [0.29, 0.717) is 18.9 Å². The fourth-order valence-electron chi connectivity index (χ4n) is 1.41. The van der Waals surface area contributed by atoms with Crippen LogP contribution in [0, 0.1) is 5.82 Å². The van der Waals surface area contributed by atoms with Crippen LogP contribution in [0.4, 0.5) is 4.39 Å². The molecule has 17 heavy (non-hydrogen) atoms. The molecular weight excluding hydrogens is 221 g/mol. The number of rotatable bonds is 4. The van der Waals surface area contributed by atoms with Crippen LogP contribution >= 0.6 is 0 Å². The van der Waals surface area contributed by atoms with Crippen molar-refractivity contribution in [3.05, 3.63) is 30.1 Å². The third-order valence-corrected chi connectivity index (χ3v) is 2.31. The maximum atomic E-state index is 12.6. The summed E-state index contributed by atoms with van der Waals surface area (Å²) in [7, 11) is 5.47. The Morgan fingerprint density at radius 1 is 1.41 bits per heavy atom. The number of hydrogen-bond donors (Lipinski definition) is 1. The molecule has 0 saturated carbocycles. The zero-order valence-corrected chi connectivity index (χ0v) is 10.4. The second-order valence-corrected chi connectivity index (χ2v) is 3.52. The van der Waals surface area contributed by atoms with Gasteiger partial charge in [0, 0.05) is 21.1 Å². The summed E-state index contributed by atoms with van der Waals surface area (Å²) in [5, 5.41) is 2.98. The lowest BCUT2D eigenvalue weighted by atomic mass is 10.3. The highest BCUT2D eigenvalue weighted by atomic mass is 19.1. The summed E-state index contributed by atoms with van der Waals surface area (Å²) in [6.07, 6.45) is 0. The van der Waals surface area contributed by atoms with Crippen LogP contribution in [-0.2, 0) is 0 Å². The fraction of sp³-hybridized carbons (Fsp3) is 0.417. The number of hydrogen-bond acceptors (Lipinski definition) is 2. The van der Waals surface area contributed by atoms with Crippen LogP contribution in [0.1, 0.15) is 0 Å². The molecule has 0 radical (unpaired) electrons. The lowest BCUT2D eigenvalue weighted by molar-refractivity contribution is 0.281. The molecule has 94 valence electrons. The molecule has 0 aliphatic carbocycles. The Morgan fingerprint density at radius 2 is 2.06 bits per heavy atom. The van der Waals surface area contributed by atoms with Crippen molar-refractivity contribution in [2.24, 2.45) is 4.99 Å². The molecule has 0 saturated heterocycles. The van der Waals surface area contributed by atoms with Gasteiger partial charge in [-0.3, -0.25) is 4.99 Å². The molecule has 1 N–H and O–H groups in total. The number of guanidine groups is 1. The summed E-state index contributed by atoms with van der Waals surface area (Å²) in [5.74, 6) is 1.21. The van der Waals surface area contributed by atoms with Crippen molar-refractivity contribution < 1.29 is 9.13 Å². The Hall–Kier alpha value is -1.78. The lowest BCUT2D eigenvalue weighted by Crippen LogP contribution is -2.38. The minimum atomic E-state index is -0.259. The predicted molar refractivity (Wildman–Crippen MR) is 66.9 cm³/mol. The van der Waals surface area contributed by atoms with E-state index >= 15 is 0 Å². The second kappa shape index (κ2) is 6.73. The molecule has 0 aliphatic rings. The van der Waals surface area contributed by atoms with Crippen molar-refractivity contribution >= 4 is 5.96 Å². The average molecular weight is 239 g/mol. The molecule has 0 bridgehead atoms. The lowest BCUT2D eigenvalue weighted by Gasteiger charge is -2.20. The summed E-state index contributed by atoms with van der Waals surface area (Å²) in [6.45, 7) is 1.22. The predicted octanol–water partition coefficient (Wildman–Crippen LogP) is 1.34. The van der Waals surface area contributed by atoms with E-state index in [2.05, 4.69) is 10.3 Å². The van der Waals surface area contributed by atoms with Gasteiger partial charge in [-0.05, 0) is 24.3 Å². The minimum absolute atomic E-state index is 0.259. The number of aliphatic imine (C=N–C) groups is 1. The standard InChI is InChI=1S/C12H18FN3O/c1-14-12(15-2)16(3)8-9-17-11-6-4-10(13)5-7-11/h4-7H,8-9H2,1-3H3,(H,14,15). The van der Waals surface area contributed by atoms with E-state index in [0.717, 1.165) is 5.96 Å². The maximum absolute atomic E-state index is 12.6. The summed E-state index contributed by atoms with van der Waals surface area (Å²) in [6, 6.07) is 5.99. The van der Waals surface area contributed by atoms with Gasteiger partial charge >= 0.3 is 0 Å². The van der Waals surface area contributed by atoms with Crippen LogP contribution in [0.2, 0.25) is 0 Å². The Kier molecular flexibility index (Phi) is 5.26. The first-order valence-corrected chi connectivity index (χ1v) is 5.41. The topological polar surface area (TPSA) is 36.9 Å². The van der Waals surface area contributed by atoms with E-state index in [1.807, 2.05) is 19.0 Å². The molecule has 0 fully saturated rings. The molecular formula is C12H18FN3O. The number of nitrogens with zero attached hydrogens (tertiary/aromatic N) is 2. The molecule has 0 atom stereocenters. The van der Waals surface area contributed by atoms with Gasteiger partial charge in [-0.15, -0.1) is 0 Å². The van der Waals surface area contributed by atoms with Gasteiger partial charge < -0.3 is 15.0 Å². The van der Waals surface area contributed by atoms with Crippen LogP contribution in [0.3, 0.4) is 0 Å². The van der Waals surface area contributed by atoms with Crippen molar-refractivity contribution in [3.63, 3.8) is 0 Å². The Morgan fingerprint density at radius 3 is 2.59 bits per heavy atom. The molecule has 5 heteroatoms. The van der Waals surface area contributed by atoms with Crippen molar-refractivity contribution in [1.82, 2.24) is 10.2 Å². The van der Waals surface area contributed by atoms with Gasteiger partial charge in [-0.2, -0.15) is 0 Å². The average Bonchev–Trinajstić information content (AvgIpc) is 2.33. The molecule has 0 unspecified atom stereocenters. The van der Waals surface area contributed by atoms with Gasteiger partial charge in [0.05, 0.1) is 6.54 Å². The van der Waals surface area contributed by atoms with Crippen LogP contribution in [-0.4, -0.2) is 45.2 Å². The molecule has 0 spiro atoms. The number of likely N-dealkylation sites (N-methyl/N-ethyl adjacent to an activating group) is 1. The zero-order chi connectivity index (χ0) is 12.7. The van der Waals surface area contributed by atoms with Crippen LogP contribution in [0.25, 0.3) is 0 Å². The van der Waals surface area contributed by atoms with Crippen LogP contribution in [0.15, 0.2) is 29.3 Å². The highest BCUT2D eigenvalue weighted by molar-refractivity contribution is 5.79. The summed E-state index contributed by atoms with van der Waals surface area (Å²) >= 11 is 0. The highest BCUT2D eigenvalue weighted by Gasteiger charge is 2.03. The smallest absolute Gasteiger partial charge is 0.193 e. The molecule has 1 aromatic rings. The number of halogens is 1. The monoisotopic (exact) mass is 239 g/mol. The van der Waals surface area contributed by atoms with E-state index in [9.17, 15) is 4.39 Å². The molecule has 1 rings (SSSR count). The van der Waals surface area contributed by atoms with E-state index < -0.39 is 0 Å². The normalized spacial score (nSPS) is 11.2. The molecule has 0 amide bonds. The molecule has 1 aromatic carbocycles. The first-order valence-electron chi connectivity index (χ1n) is 5.41. The number of benzene rings is 1. The molecule has 0 heterocycles. The third-order valence-electron chi connectivity index (χ3n) is 2.31. The van der Waals surface area contributed by atoms with Crippen molar-refractivity contribution in [3.8, 4) is 5.75 Å². The van der Waals surface area contributed by atoms with Gasteiger partial charge in [-0.25, -0.2) is 4.39 Å². The molecule has 4 nitrogen and oxygen atoms in total. The fourth-order valence-corrected chi connectivity index (χ4v) is 1.41. The summed E-state index contributed by atoms with van der Waals surface area (Å²) in [4.78, 5) is 6.02. The SMILES string of the molecule is CN=C(NC)N(C)CCOc1ccc(F)cc1. The maximum Gasteiger partial charge on any atom is 0.193 e. The van der Waals surface area contributed by atoms with Gasteiger partial charge in [0.1, 0.15) is 18.2 Å². The van der Waals surface area contributed by atoms with E-state index in [-0.39, 0.29) is 5.82 Å². The van der Waals surface area contributed by atoms with Crippen molar-refractivity contribution in [1.29, 1.82) is 0 Å². The highest BCUT2D eigenvalue weighted by Crippen LogP contribution is 2.10. The summed E-state index contributed by atoms with van der Waals surface area (Å²) in [5.41, 5.74) is 0. The zero-order valence-electron chi connectivity index (χ0n) is 10.4. The van der Waals surface area contributed by atoms with Gasteiger partial charge in [0.2, 0.25) is 0 Å². The van der Waals surface area contributed by atoms with Crippen molar-refractivity contribution in [2.45, 2.75) is 0 Å². The van der Waals surface area contributed by atoms with Gasteiger partial charge in [-0.1, -0.05) is 0 Å². The first-order chi connectivity index (χ1) is 8.17. The second-order valence-electron chi connectivity index (χ2n) is 3.52. The third kappa shape index (κ3) is 4.30.